The van der Waals surface area contributed by atoms with Crippen LogP contribution in [0.2, 0.25) is 0 Å². The number of esters is 2. The Kier molecular flexibility index (Phi) is 5.62. The molecule has 1 fully saturated rings. The summed E-state index contributed by atoms with van der Waals surface area (Å²) >= 11 is 0. The van der Waals surface area contributed by atoms with Crippen molar-refractivity contribution in [3.05, 3.63) is 40.1 Å². The van der Waals surface area contributed by atoms with Gasteiger partial charge in [-0.1, -0.05) is 17.7 Å². The maximum absolute atomic E-state index is 13.1. The SMILES string of the molecule is CON1CCC2(CC1)OC(=O)C(c1c(C)cc(C)cc1C)=C2OC(=O)C(C)(C)C. The first-order chi connectivity index (χ1) is 13.5. The first-order valence-electron chi connectivity index (χ1n) is 10.1. The van der Waals surface area contributed by atoms with Gasteiger partial charge in [-0.25, -0.2) is 4.79 Å². The van der Waals surface area contributed by atoms with Crippen LogP contribution < -0.4 is 0 Å². The first kappa shape index (κ1) is 21.5. The highest BCUT2D eigenvalue weighted by molar-refractivity contribution is 6.21. The summed E-state index contributed by atoms with van der Waals surface area (Å²) in [6, 6.07) is 4.06. The molecule has 0 radical (unpaired) electrons. The topological polar surface area (TPSA) is 65.1 Å². The average molecular weight is 402 g/mol. The molecule has 0 saturated carbocycles. The van der Waals surface area contributed by atoms with Gasteiger partial charge in [0.2, 0.25) is 0 Å². The van der Waals surface area contributed by atoms with Crippen LogP contribution in [-0.2, 0) is 23.9 Å². The zero-order chi connectivity index (χ0) is 21.6. The Morgan fingerprint density at radius 2 is 1.66 bits per heavy atom. The molecule has 6 heteroatoms. The third-order valence-electron chi connectivity index (χ3n) is 5.66. The minimum atomic E-state index is -0.938. The smallest absolute Gasteiger partial charge is 0.343 e. The molecule has 6 nitrogen and oxygen atoms in total. The molecule has 2 heterocycles. The van der Waals surface area contributed by atoms with E-state index in [9.17, 15) is 9.59 Å². The van der Waals surface area contributed by atoms with E-state index in [1.165, 1.54) is 0 Å². The van der Waals surface area contributed by atoms with Gasteiger partial charge in [-0.2, -0.15) is 5.06 Å². The number of hydroxylamine groups is 2. The van der Waals surface area contributed by atoms with Crippen LogP contribution in [0.3, 0.4) is 0 Å². The molecule has 3 rings (SSSR count). The average Bonchev–Trinajstić information content (AvgIpc) is 2.86. The number of ether oxygens (including phenoxy) is 2. The largest absolute Gasteiger partial charge is 0.447 e. The molecule has 0 aromatic heterocycles. The molecule has 0 amide bonds. The molecule has 0 aliphatic carbocycles. The van der Waals surface area contributed by atoms with Crippen LogP contribution in [0.25, 0.3) is 5.57 Å². The molecule has 2 aliphatic heterocycles. The van der Waals surface area contributed by atoms with Crippen molar-refractivity contribution in [2.75, 3.05) is 20.2 Å². The third kappa shape index (κ3) is 3.96. The molecular weight excluding hydrogens is 370 g/mol. The van der Waals surface area contributed by atoms with E-state index in [-0.39, 0.29) is 5.97 Å². The van der Waals surface area contributed by atoms with E-state index in [2.05, 4.69) is 0 Å². The van der Waals surface area contributed by atoms with Gasteiger partial charge >= 0.3 is 11.9 Å². The summed E-state index contributed by atoms with van der Waals surface area (Å²) in [6.45, 7) is 12.5. The quantitative estimate of drug-likeness (QED) is 0.717. The Morgan fingerprint density at radius 1 is 1.10 bits per heavy atom. The predicted molar refractivity (Wildman–Crippen MR) is 110 cm³/mol. The van der Waals surface area contributed by atoms with Crippen molar-refractivity contribution in [3.63, 3.8) is 0 Å². The number of aryl methyl sites for hydroxylation is 3. The van der Waals surface area contributed by atoms with Crippen LogP contribution in [0.1, 0.15) is 55.9 Å². The van der Waals surface area contributed by atoms with Gasteiger partial charge in [0.1, 0.15) is 5.57 Å². The van der Waals surface area contributed by atoms with E-state index in [1.54, 1.807) is 27.9 Å². The van der Waals surface area contributed by atoms with Gasteiger partial charge in [-0.05, 0) is 58.2 Å². The number of hydrogen-bond donors (Lipinski definition) is 0. The maximum atomic E-state index is 13.1. The van der Waals surface area contributed by atoms with Crippen molar-refractivity contribution in [1.29, 1.82) is 0 Å². The number of carbonyl (C=O) groups is 2. The predicted octanol–water partition coefficient (Wildman–Crippen LogP) is 3.87. The normalized spacial score (nSPS) is 19.6. The lowest BCUT2D eigenvalue weighted by Gasteiger charge is -2.38. The molecule has 158 valence electrons. The van der Waals surface area contributed by atoms with Crippen molar-refractivity contribution in [2.24, 2.45) is 5.41 Å². The van der Waals surface area contributed by atoms with Crippen molar-refractivity contribution in [2.45, 2.75) is 60.0 Å². The lowest BCUT2D eigenvalue weighted by atomic mass is 9.86. The van der Waals surface area contributed by atoms with E-state index >= 15 is 0 Å². The summed E-state index contributed by atoms with van der Waals surface area (Å²) in [6.07, 6.45) is 1.01. The zero-order valence-electron chi connectivity index (χ0n) is 18.5. The molecule has 0 unspecified atom stereocenters. The van der Waals surface area contributed by atoms with Gasteiger partial charge in [0.25, 0.3) is 0 Å². The third-order valence-corrected chi connectivity index (χ3v) is 5.66. The van der Waals surface area contributed by atoms with Crippen molar-refractivity contribution in [3.8, 4) is 0 Å². The minimum Gasteiger partial charge on any atom is -0.447 e. The van der Waals surface area contributed by atoms with Crippen LogP contribution in [0, 0.1) is 26.2 Å². The summed E-state index contributed by atoms with van der Waals surface area (Å²) in [7, 11) is 1.62. The highest BCUT2D eigenvalue weighted by Crippen LogP contribution is 2.46. The fraction of sp³-hybridized carbons (Fsp3) is 0.565. The van der Waals surface area contributed by atoms with Gasteiger partial charge in [0, 0.05) is 25.9 Å². The minimum absolute atomic E-state index is 0.355. The molecule has 2 aliphatic rings. The fourth-order valence-corrected chi connectivity index (χ4v) is 4.13. The van der Waals surface area contributed by atoms with Gasteiger partial charge < -0.3 is 14.3 Å². The molecule has 0 bridgehead atoms. The maximum Gasteiger partial charge on any atom is 0.343 e. The van der Waals surface area contributed by atoms with Crippen LogP contribution in [-0.4, -0.2) is 42.8 Å². The van der Waals surface area contributed by atoms with Crippen LogP contribution in [0.5, 0.6) is 0 Å². The second-order valence-corrected chi connectivity index (χ2v) is 9.11. The lowest BCUT2D eigenvalue weighted by molar-refractivity contribution is -0.186. The van der Waals surface area contributed by atoms with E-state index in [1.807, 2.05) is 38.0 Å². The number of rotatable bonds is 3. The Morgan fingerprint density at radius 3 is 2.14 bits per heavy atom. The number of nitrogens with zero attached hydrogens (tertiary/aromatic N) is 1. The molecule has 0 atom stereocenters. The standard InChI is InChI=1S/C23H31NO5/c1-14-12-15(2)17(16(3)13-14)18-19(28-21(26)22(4,5)6)23(29-20(18)25)8-10-24(27-7)11-9-23/h12-13H,8-11H2,1-7H3. The highest BCUT2D eigenvalue weighted by Gasteiger charge is 2.53. The molecule has 1 aromatic carbocycles. The van der Waals surface area contributed by atoms with Crippen molar-refractivity contribution in [1.82, 2.24) is 5.06 Å². The Hall–Kier alpha value is -2.18. The lowest BCUT2D eigenvalue weighted by Crippen LogP contribution is -2.46. The number of hydrogen-bond acceptors (Lipinski definition) is 6. The molecule has 1 aromatic rings. The molecule has 1 saturated heterocycles. The molecular formula is C23H31NO5. The number of carbonyl (C=O) groups excluding carboxylic acids is 2. The van der Waals surface area contributed by atoms with Crippen LogP contribution in [0.15, 0.2) is 17.9 Å². The number of piperidine rings is 1. The van der Waals surface area contributed by atoms with Gasteiger partial charge in [0.15, 0.2) is 11.4 Å². The van der Waals surface area contributed by atoms with E-state index in [0.29, 0.717) is 37.3 Å². The van der Waals surface area contributed by atoms with E-state index in [4.69, 9.17) is 14.3 Å². The van der Waals surface area contributed by atoms with Crippen molar-refractivity contribution < 1.29 is 23.9 Å². The summed E-state index contributed by atoms with van der Waals surface area (Å²) in [5, 5.41) is 1.82. The van der Waals surface area contributed by atoms with Gasteiger partial charge in [-0.3, -0.25) is 4.79 Å². The summed E-state index contributed by atoms with van der Waals surface area (Å²) < 4.78 is 11.9. The Balaban J connectivity index is 2.16. The summed E-state index contributed by atoms with van der Waals surface area (Å²) in [4.78, 5) is 31.3. The van der Waals surface area contributed by atoms with Gasteiger partial charge in [0.05, 0.1) is 12.5 Å². The van der Waals surface area contributed by atoms with Crippen LogP contribution in [0.4, 0.5) is 0 Å². The summed E-state index contributed by atoms with van der Waals surface area (Å²) in [5.74, 6) is -0.449. The van der Waals surface area contributed by atoms with Gasteiger partial charge in [-0.15, -0.1) is 0 Å². The van der Waals surface area contributed by atoms with Crippen LogP contribution >= 0.6 is 0 Å². The van der Waals surface area contributed by atoms with E-state index in [0.717, 1.165) is 22.3 Å². The van der Waals surface area contributed by atoms with E-state index < -0.39 is 17.0 Å². The highest BCUT2D eigenvalue weighted by atomic mass is 16.7. The molecule has 29 heavy (non-hydrogen) atoms. The monoisotopic (exact) mass is 401 g/mol. The number of benzene rings is 1. The second-order valence-electron chi connectivity index (χ2n) is 9.11. The molecule has 0 N–H and O–H groups in total. The Labute approximate surface area is 172 Å². The first-order valence-corrected chi connectivity index (χ1v) is 10.1. The molecule has 1 spiro atoms. The second kappa shape index (κ2) is 7.58. The Bertz CT molecular complexity index is 847. The fourth-order valence-electron chi connectivity index (χ4n) is 4.13. The summed E-state index contributed by atoms with van der Waals surface area (Å²) in [5.41, 5.74) is 2.58. The zero-order valence-corrected chi connectivity index (χ0v) is 18.5. The van der Waals surface area contributed by atoms with Crippen molar-refractivity contribution >= 4 is 17.5 Å².